The van der Waals surface area contributed by atoms with Gasteiger partial charge in [-0.25, -0.2) is 4.68 Å². The third-order valence-electron chi connectivity index (χ3n) is 6.79. The van der Waals surface area contributed by atoms with Gasteiger partial charge in [0.15, 0.2) is 0 Å². The van der Waals surface area contributed by atoms with Crippen molar-refractivity contribution >= 4 is 16.8 Å². The summed E-state index contributed by atoms with van der Waals surface area (Å²) < 4.78 is 7.19. The Balaban J connectivity index is 1.24. The molecule has 8 nitrogen and oxygen atoms in total. The molecule has 2 aliphatic carbocycles. The standard InChI is InChI=1S/C22H28N6O2/c1-30-16-9-10-19-18(11-16)17-3-2-4-20(21(17)24-19)25-22(29)15-7-5-14(6-8-15)12-28-13-23-26-27-28/h9-11,13-15,20,24H,2-8,12H2,1H3,(H,25,29)/t14?,15?,20-/m1/s1. The number of hydrogen-bond donors (Lipinski definition) is 2. The molecule has 0 saturated heterocycles. The molecule has 0 aliphatic heterocycles. The number of nitrogens with zero attached hydrogens (tertiary/aromatic N) is 4. The molecular formula is C22H28N6O2. The third-order valence-corrected chi connectivity index (χ3v) is 6.79. The molecule has 1 amide bonds. The minimum Gasteiger partial charge on any atom is -0.497 e. The smallest absolute Gasteiger partial charge is 0.223 e. The maximum absolute atomic E-state index is 13.0. The average Bonchev–Trinajstić information content (AvgIpc) is 3.42. The molecule has 0 radical (unpaired) electrons. The zero-order chi connectivity index (χ0) is 20.5. The van der Waals surface area contributed by atoms with Crippen molar-refractivity contribution in [1.29, 1.82) is 0 Å². The van der Waals surface area contributed by atoms with Crippen molar-refractivity contribution in [3.8, 4) is 5.75 Å². The van der Waals surface area contributed by atoms with E-state index in [1.54, 1.807) is 18.1 Å². The van der Waals surface area contributed by atoms with E-state index in [0.29, 0.717) is 5.92 Å². The molecule has 30 heavy (non-hydrogen) atoms. The van der Waals surface area contributed by atoms with Crippen LogP contribution in [0.2, 0.25) is 0 Å². The Hall–Kier alpha value is -2.90. The highest BCUT2D eigenvalue weighted by Crippen LogP contribution is 2.37. The average molecular weight is 409 g/mol. The Morgan fingerprint density at radius 3 is 2.90 bits per heavy atom. The zero-order valence-corrected chi connectivity index (χ0v) is 17.3. The monoisotopic (exact) mass is 408 g/mol. The number of benzene rings is 1. The number of ether oxygens (including phenoxy) is 1. The van der Waals surface area contributed by atoms with Crippen molar-refractivity contribution < 1.29 is 9.53 Å². The van der Waals surface area contributed by atoms with Crippen LogP contribution in [0.25, 0.3) is 10.9 Å². The highest BCUT2D eigenvalue weighted by Gasteiger charge is 2.31. The fourth-order valence-corrected chi connectivity index (χ4v) is 5.14. The maximum atomic E-state index is 13.0. The molecule has 158 valence electrons. The van der Waals surface area contributed by atoms with Crippen molar-refractivity contribution in [2.45, 2.75) is 57.5 Å². The number of carbonyl (C=O) groups is 1. The molecule has 1 aromatic carbocycles. The van der Waals surface area contributed by atoms with Crippen LogP contribution in [0.15, 0.2) is 24.5 Å². The van der Waals surface area contributed by atoms with Gasteiger partial charge in [-0.2, -0.15) is 0 Å². The zero-order valence-electron chi connectivity index (χ0n) is 17.3. The Kier molecular flexibility index (Phi) is 5.14. The normalized spacial score (nSPS) is 23.8. The van der Waals surface area contributed by atoms with E-state index in [1.807, 2.05) is 6.07 Å². The Bertz CT molecular complexity index is 1020. The molecule has 3 aromatic rings. The van der Waals surface area contributed by atoms with Gasteiger partial charge in [0.05, 0.1) is 13.2 Å². The first-order chi connectivity index (χ1) is 14.7. The molecule has 2 N–H and O–H groups in total. The number of rotatable bonds is 5. The lowest BCUT2D eigenvalue weighted by molar-refractivity contribution is -0.127. The van der Waals surface area contributed by atoms with E-state index < -0.39 is 0 Å². The number of aryl methyl sites for hydroxylation is 1. The largest absolute Gasteiger partial charge is 0.497 e. The van der Waals surface area contributed by atoms with Crippen molar-refractivity contribution in [1.82, 2.24) is 30.5 Å². The molecule has 2 heterocycles. The van der Waals surface area contributed by atoms with Gasteiger partial charge in [-0.1, -0.05) is 0 Å². The first-order valence-electron chi connectivity index (χ1n) is 10.9. The number of hydrogen-bond acceptors (Lipinski definition) is 5. The molecule has 1 fully saturated rings. The molecular weight excluding hydrogens is 380 g/mol. The van der Waals surface area contributed by atoms with Crippen molar-refractivity contribution in [2.24, 2.45) is 11.8 Å². The van der Waals surface area contributed by atoms with E-state index in [0.717, 1.165) is 62.8 Å². The van der Waals surface area contributed by atoms with Gasteiger partial charge in [-0.15, -0.1) is 5.10 Å². The molecule has 5 rings (SSSR count). The summed E-state index contributed by atoms with van der Waals surface area (Å²) in [6, 6.07) is 6.21. The van der Waals surface area contributed by atoms with Crippen LogP contribution in [0, 0.1) is 11.8 Å². The number of aromatic nitrogens is 5. The fraction of sp³-hybridized carbons (Fsp3) is 0.545. The summed E-state index contributed by atoms with van der Waals surface area (Å²) in [5, 5.41) is 15.9. The highest BCUT2D eigenvalue weighted by atomic mass is 16.5. The molecule has 0 bridgehead atoms. The minimum atomic E-state index is 0.0681. The van der Waals surface area contributed by atoms with Gasteiger partial charge in [-0.05, 0) is 85.1 Å². The second-order valence-electron chi connectivity index (χ2n) is 8.63. The van der Waals surface area contributed by atoms with Crippen LogP contribution in [0.4, 0.5) is 0 Å². The number of amides is 1. The first kappa shape index (κ1) is 19.1. The Labute approximate surface area is 175 Å². The molecule has 1 saturated carbocycles. The van der Waals surface area contributed by atoms with Gasteiger partial charge in [0.2, 0.25) is 5.91 Å². The lowest BCUT2D eigenvalue weighted by Gasteiger charge is -2.30. The number of carbonyl (C=O) groups excluding carboxylic acids is 1. The van der Waals surface area contributed by atoms with E-state index in [9.17, 15) is 4.79 Å². The summed E-state index contributed by atoms with van der Waals surface area (Å²) in [6.45, 7) is 0.839. The van der Waals surface area contributed by atoms with Gasteiger partial charge >= 0.3 is 0 Å². The Morgan fingerprint density at radius 1 is 1.27 bits per heavy atom. The highest BCUT2D eigenvalue weighted by molar-refractivity contribution is 5.87. The van der Waals surface area contributed by atoms with Crippen molar-refractivity contribution in [2.75, 3.05) is 7.11 Å². The van der Waals surface area contributed by atoms with E-state index >= 15 is 0 Å². The van der Waals surface area contributed by atoms with Gasteiger partial charge in [0.1, 0.15) is 12.1 Å². The number of nitrogens with one attached hydrogen (secondary N) is 2. The van der Waals surface area contributed by atoms with Crippen LogP contribution in [0.1, 0.15) is 55.8 Å². The Morgan fingerprint density at radius 2 is 2.13 bits per heavy atom. The topological polar surface area (TPSA) is 97.7 Å². The van der Waals surface area contributed by atoms with Gasteiger partial charge in [0, 0.05) is 29.1 Å². The molecule has 2 aliphatic rings. The van der Waals surface area contributed by atoms with E-state index in [4.69, 9.17) is 4.74 Å². The molecule has 1 atom stereocenters. The summed E-state index contributed by atoms with van der Waals surface area (Å²) in [6.07, 6.45) is 8.72. The molecule has 2 aromatic heterocycles. The number of methoxy groups -OCH3 is 1. The predicted molar refractivity (Wildman–Crippen MR) is 112 cm³/mol. The minimum absolute atomic E-state index is 0.0681. The number of H-pyrrole nitrogens is 1. The molecule has 8 heteroatoms. The number of aromatic amines is 1. The van der Waals surface area contributed by atoms with Crippen LogP contribution >= 0.6 is 0 Å². The lowest BCUT2D eigenvalue weighted by atomic mass is 9.81. The second-order valence-corrected chi connectivity index (χ2v) is 8.63. The van der Waals surface area contributed by atoms with Crippen LogP contribution in [-0.2, 0) is 17.8 Å². The summed E-state index contributed by atoms with van der Waals surface area (Å²) in [5.74, 6) is 1.71. The second kappa shape index (κ2) is 8.08. The van der Waals surface area contributed by atoms with Gasteiger partial charge in [0.25, 0.3) is 0 Å². The van der Waals surface area contributed by atoms with E-state index in [1.165, 1.54) is 16.6 Å². The first-order valence-corrected chi connectivity index (χ1v) is 10.9. The predicted octanol–water partition coefficient (Wildman–Crippen LogP) is 3.16. The van der Waals surface area contributed by atoms with E-state index in [2.05, 4.69) is 38.0 Å². The van der Waals surface area contributed by atoms with E-state index in [-0.39, 0.29) is 17.9 Å². The SMILES string of the molecule is COc1ccc2[nH]c3c(c2c1)CCC[C@H]3NC(=O)C1CCC(Cn2cnnn2)CC1. The lowest BCUT2D eigenvalue weighted by Crippen LogP contribution is -2.37. The van der Waals surface area contributed by atoms with Gasteiger partial charge < -0.3 is 15.0 Å². The summed E-state index contributed by atoms with van der Waals surface area (Å²) in [5.41, 5.74) is 3.61. The maximum Gasteiger partial charge on any atom is 0.223 e. The fourth-order valence-electron chi connectivity index (χ4n) is 5.14. The quantitative estimate of drug-likeness (QED) is 0.676. The summed E-state index contributed by atoms with van der Waals surface area (Å²) in [7, 11) is 1.70. The van der Waals surface area contributed by atoms with Gasteiger partial charge in [-0.3, -0.25) is 4.79 Å². The third kappa shape index (κ3) is 3.66. The summed E-state index contributed by atoms with van der Waals surface area (Å²) >= 11 is 0. The molecule has 0 unspecified atom stereocenters. The number of tetrazole rings is 1. The number of fused-ring (bicyclic) bond motifs is 3. The summed E-state index contributed by atoms with van der Waals surface area (Å²) in [4.78, 5) is 16.6. The van der Waals surface area contributed by atoms with Crippen LogP contribution in [0.3, 0.4) is 0 Å². The van der Waals surface area contributed by atoms with Crippen molar-refractivity contribution in [3.63, 3.8) is 0 Å². The van der Waals surface area contributed by atoms with Crippen LogP contribution in [-0.4, -0.2) is 38.2 Å². The van der Waals surface area contributed by atoms with Crippen LogP contribution in [0.5, 0.6) is 5.75 Å². The molecule has 0 spiro atoms. The van der Waals surface area contributed by atoms with Crippen molar-refractivity contribution in [3.05, 3.63) is 35.8 Å². The van der Waals surface area contributed by atoms with Crippen LogP contribution < -0.4 is 10.1 Å².